The number of methoxy groups -OCH3 is 1. The minimum Gasteiger partial charge on any atom is -0.497 e. The van der Waals surface area contributed by atoms with Crippen LogP contribution >= 0.6 is 0 Å². The Hall–Kier alpha value is -5.16. The van der Waals surface area contributed by atoms with Gasteiger partial charge in [0.15, 0.2) is 11.5 Å². The fourth-order valence-corrected chi connectivity index (χ4v) is 4.75. The Morgan fingerprint density at radius 1 is 0.857 bits per heavy atom. The number of amides is 1. The number of hydrazone groups is 1. The standard InChI is InChI=1S/C31H29N3O7S/c1-4-40-29-19-22(7-18-28(29)41-31(36)24-10-14-26(39-3)15-11-24)20-32-33-30(35)23-8-12-25(13-9-23)34-42(37,38)27-16-5-21(2)6-17-27/h5-20,34H,4H2,1-3H3,(H,33,35)/b32-20+. The first-order valence-electron chi connectivity index (χ1n) is 12.8. The highest BCUT2D eigenvalue weighted by Gasteiger charge is 2.15. The fourth-order valence-electron chi connectivity index (χ4n) is 3.69. The summed E-state index contributed by atoms with van der Waals surface area (Å²) in [6, 6.07) is 23.8. The van der Waals surface area contributed by atoms with Gasteiger partial charge in [0.1, 0.15) is 5.75 Å². The molecule has 0 bridgehead atoms. The Morgan fingerprint density at radius 3 is 2.17 bits per heavy atom. The molecule has 42 heavy (non-hydrogen) atoms. The Kier molecular flexibility index (Phi) is 9.56. The third-order valence-electron chi connectivity index (χ3n) is 5.91. The second kappa shape index (κ2) is 13.5. The third kappa shape index (κ3) is 7.73. The number of hydrogen-bond donors (Lipinski definition) is 2. The molecule has 2 N–H and O–H groups in total. The van der Waals surface area contributed by atoms with Crippen LogP contribution in [-0.4, -0.2) is 40.2 Å². The molecule has 0 aliphatic heterocycles. The number of rotatable bonds is 11. The molecule has 0 fully saturated rings. The van der Waals surface area contributed by atoms with E-state index in [9.17, 15) is 18.0 Å². The Morgan fingerprint density at radius 2 is 1.52 bits per heavy atom. The SMILES string of the molecule is CCOc1cc(/C=N/NC(=O)c2ccc(NS(=O)(=O)c3ccc(C)cc3)cc2)ccc1OC(=O)c1ccc(OC)cc1. The lowest BCUT2D eigenvalue weighted by atomic mass is 10.2. The molecule has 216 valence electrons. The zero-order valence-electron chi connectivity index (χ0n) is 23.2. The average molecular weight is 588 g/mol. The summed E-state index contributed by atoms with van der Waals surface area (Å²) in [6.07, 6.45) is 1.42. The number of esters is 1. The second-order valence-corrected chi connectivity index (χ2v) is 10.6. The van der Waals surface area contributed by atoms with Gasteiger partial charge in [-0.2, -0.15) is 5.10 Å². The molecule has 4 rings (SSSR count). The quantitative estimate of drug-likeness (QED) is 0.107. The summed E-state index contributed by atoms with van der Waals surface area (Å²) in [7, 11) is -2.22. The van der Waals surface area contributed by atoms with Crippen molar-refractivity contribution in [2.45, 2.75) is 18.7 Å². The van der Waals surface area contributed by atoms with E-state index >= 15 is 0 Å². The Bertz CT molecular complexity index is 1680. The van der Waals surface area contributed by atoms with Crippen molar-refractivity contribution in [2.75, 3.05) is 18.4 Å². The van der Waals surface area contributed by atoms with Crippen LogP contribution in [0.5, 0.6) is 17.2 Å². The zero-order chi connectivity index (χ0) is 30.1. The number of ether oxygens (including phenoxy) is 3. The zero-order valence-corrected chi connectivity index (χ0v) is 24.0. The first-order chi connectivity index (χ1) is 20.2. The molecule has 4 aromatic carbocycles. The number of carbonyl (C=O) groups is 2. The molecule has 0 aromatic heterocycles. The molecule has 0 saturated heterocycles. The third-order valence-corrected chi connectivity index (χ3v) is 7.30. The summed E-state index contributed by atoms with van der Waals surface area (Å²) in [5, 5.41) is 3.99. The molecular formula is C31H29N3O7S. The van der Waals surface area contributed by atoms with Crippen molar-refractivity contribution >= 4 is 33.8 Å². The van der Waals surface area contributed by atoms with Gasteiger partial charge in [-0.25, -0.2) is 18.6 Å². The molecule has 0 unspecified atom stereocenters. The van der Waals surface area contributed by atoms with Gasteiger partial charge in [-0.1, -0.05) is 17.7 Å². The maximum Gasteiger partial charge on any atom is 0.343 e. The monoisotopic (exact) mass is 587 g/mol. The maximum atomic E-state index is 12.6. The lowest BCUT2D eigenvalue weighted by Crippen LogP contribution is -2.18. The highest BCUT2D eigenvalue weighted by Crippen LogP contribution is 2.29. The van der Waals surface area contributed by atoms with Gasteiger partial charge in [0.2, 0.25) is 0 Å². The molecule has 1 amide bonds. The summed E-state index contributed by atoms with van der Waals surface area (Å²) in [6.45, 7) is 4.01. The molecule has 0 atom stereocenters. The van der Waals surface area contributed by atoms with Crippen molar-refractivity contribution in [3.05, 3.63) is 113 Å². The smallest absolute Gasteiger partial charge is 0.343 e. The van der Waals surface area contributed by atoms with Gasteiger partial charge in [-0.15, -0.1) is 0 Å². The van der Waals surface area contributed by atoms with E-state index in [2.05, 4.69) is 15.2 Å². The normalized spacial score (nSPS) is 11.1. The van der Waals surface area contributed by atoms with E-state index in [0.717, 1.165) is 5.56 Å². The van der Waals surface area contributed by atoms with Gasteiger partial charge in [0.05, 0.1) is 30.4 Å². The van der Waals surface area contributed by atoms with Crippen LogP contribution in [0.2, 0.25) is 0 Å². The second-order valence-electron chi connectivity index (χ2n) is 8.95. The number of anilines is 1. The van der Waals surface area contributed by atoms with Crippen LogP contribution in [0, 0.1) is 6.92 Å². The fraction of sp³-hybridized carbons (Fsp3) is 0.129. The summed E-state index contributed by atoms with van der Waals surface area (Å²) < 4.78 is 43.9. The molecule has 0 aliphatic rings. The van der Waals surface area contributed by atoms with E-state index in [1.54, 1.807) is 61.5 Å². The van der Waals surface area contributed by atoms with E-state index in [1.807, 2.05) is 6.92 Å². The predicted molar refractivity (Wildman–Crippen MR) is 159 cm³/mol. The van der Waals surface area contributed by atoms with Gasteiger partial charge >= 0.3 is 5.97 Å². The van der Waals surface area contributed by atoms with Crippen LogP contribution in [0.4, 0.5) is 5.69 Å². The summed E-state index contributed by atoms with van der Waals surface area (Å²) in [5.41, 5.74) is 4.91. The number of hydrogen-bond acceptors (Lipinski definition) is 8. The number of carbonyl (C=O) groups excluding carboxylic acids is 2. The van der Waals surface area contributed by atoms with E-state index in [0.29, 0.717) is 34.9 Å². The molecule has 0 spiro atoms. The Balaban J connectivity index is 1.37. The van der Waals surface area contributed by atoms with E-state index < -0.39 is 21.9 Å². The van der Waals surface area contributed by atoms with Gasteiger partial charge in [0.25, 0.3) is 15.9 Å². The van der Waals surface area contributed by atoms with E-state index in [1.165, 1.54) is 49.7 Å². The highest BCUT2D eigenvalue weighted by atomic mass is 32.2. The minimum absolute atomic E-state index is 0.139. The van der Waals surface area contributed by atoms with Crippen molar-refractivity contribution in [1.29, 1.82) is 0 Å². The number of nitrogens with one attached hydrogen (secondary N) is 2. The van der Waals surface area contributed by atoms with Crippen LogP contribution in [0.15, 0.2) is 101 Å². The van der Waals surface area contributed by atoms with Gasteiger partial charge in [-0.05, 0) is 98.3 Å². The maximum absolute atomic E-state index is 12.6. The van der Waals surface area contributed by atoms with Gasteiger partial charge < -0.3 is 14.2 Å². The average Bonchev–Trinajstić information content (AvgIpc) is 2.99. The van der Waals surface area contributed by atoms with E-state index in [-0.39, 0.29) is 16.2 Å². The van der Waals surface area contributed by atoms with Crippen molar-refractivity contribution in [3.63, 3.8) is 0 Å². The number of aryl methyl sites for hydroxylation is 1. The van der Waals surface area contributed by atoms with Crippen molar-refractivity contribution < 1.29 is 32.2 Å². The summed E-state index contributed by atoms with van der Waals surface area (Å²) in [5.74, 6) is 0.140. The molecule has 11 heteroatoms. The molecule has 0 radical (unpaired) electrons. The van der Waals surface area contributed by atoms with Gasteiger partial charge in [-0.3, -0.25) is 9.52 Å². The van der Waals surface area contributed by atoms with Crippen molar-refractivity contribution in [1.82, 2.24) is 5.43 Å². The minimum atomic E-state index is -3.76. The molecule has 0 aliphatic carbocycles. The number of sulfonamides is 1. The molecular weight excluding hydrogens is 558 g/mol. The number of benzene rings is 4. The molecule has 0 heterocycles. The predicted octanol–water partition coefficient (Wildman–Crippen LogP) is 5.19. The van der Waals surface area contributed by atoms with Crippen molar-refractivity contribution in [2.24, 2.45) is 5.10 Å². The van der Waals surface area contributed by atoms with Crippen LogP contribution in [0.1, 0.15) is 38.8 Å². The van der Waals surface area contributed by atoms with Crippen LogP contribution in [0.3, 0.4) is 0 Å². The topological polar surface area (TPSA) is 132 Å². The van der Waals surface area contributed by atoms with Gasteiger partial charge in [0, 0.05) is 11.3 Å². The number of nitrogens with zero attached hydrogens (tertiary/aromatic N) is 1. The first kappa shape index (κ1) is 29.8. The molecule has 4 aromatic rings. The largest absolute Gasteiger partial charge is 0.497 e. The van der Waals surface area contributed by atoms with E-state index in [4.69, 9.17) is 14.2 Å². The molecule has 10 nitrogen and oxygen atoms in total. The van der Waals surface area contributed by atoms with Crippen LogP contribution in [-0.2, 0) is 10.0 Å². The van der Waals surface area contributed by atoms with Crippen LogP contribution < -0.4 is 24.4 Å². The lowest BCUT2D eigenvalue weighted by Gasteiger charge is -2.11. The first-order valence-corrected chi connectivity index (χ1v) is 14.3. The highest BCUT2D eigenvalue weighted by molar-refractivity contribution is 7.92. The van der Waals surface area contributed by atoms with Crippen LogP contribution in [0.25, 0.3) is 0 Å². The molecule has 0 saturated carbocycles. The van der Waals surface area contributed by atoms with Crippen molar-refractivity contribution in [3.8, 4) is 17.2 Å². The lowest BCUT2D eigenvalue weighted by molar-refractivity contribution is 0.0728. The summed E-state index contributed by atoms with van der Waals surface area (Å²) >= 11 is 0. The Labute approximate surface area is 244 Å². The summed E-state index contributed by atoms with van der Waals surface area (Å²) in [4.78, 5) is 25.3.